The van der Waals surface area contributed by atoms with Crippen molar-refractivity contribution in [2.45, 2.75) is 52.1 Å². The van der Waals surface area contributed by atoms with E-state index in [4.69, 9.17) is 41.6 Å². The zero-order chi connectivity index (χ0) is 41.5. The first-order valence-corrected chi connectivity index (χ1v) is 20.0. The van der Waals surface area contributed by atoms with E-state index >= 15 is 0 Å². The number of fused-ring (bicyclic) bond motifs is 2. The Balaban J connectivity index is 0.878. The van der Waals surface area contributed by atoms with E-state index in [-0.39, 0.29) is 80.1 Å². The van der Waals surface area contributed by atoms with Gasteiger partial charge in [-0.05, 0) is 57.0 Å². The topological polar surface area (TPSA) is 216 Å². The van der Waals surface area contributed by atoms with Gasteiger partial charge >= 0.3 is 0 Å². The van der Waals surface area contributed by atoms with Gasteiger partial charge in [-0.3, -0.25) is 54.9 Å². The van der Waals surface area contributed by atoms with Crippen molar-refractivity contribution >= 4 is 74.9 Å². The maximum atomic E-state index is 13.2. The van der Waals surface area contributed by atoms with E-state index in [1.165, 1.54) is 17.4 Å². The Morgan fingerprint density at radius 3 is 2.38 bits per heavy atom. The number of carbonyl (C=O) groups is 5. The van der Waals surface area contributed by atoms with Crippen LogP contribution in [0.1, 0.15) is 68.5 Å². The molecule has 16 nitrogen and oxygen atoms in total. The average Bonchev–Trinajstić information content (AvgIpc) is 3.57. The molecule has 3 aliphatic heterocycles. The SMILES string of the molecule is CC(=N)N1C(=N)C(CC(=O)NCCOCCNCCOCCOc2cccc3c2C(=O)N(C2CCC(=O)NC2=O)C3=O)N=C(c2ccc(Cl)cc2)c2c1sc(C)c2C. The first kappa shape index (κ1) is 42.3. The maximum absolute atomic E-state index is 13.2. The Kier molecular flexibility index (Phi) is 13.8. The predicted octanol–water partition coefficient (Wildman–Crippen LogP) is 3.63. The molecule has 2 unspecified atom stereocenters. The molecule has 0 aliphatic carbocycles. The summed E-state index contributed by atoms with van der Waals surface area (Å²) in [5.41, 5.74) is 3.55. The highest BCUT2D eigenvalue weighted by molar-refractivity contribution is 7.17. The van der Waals surface area contributed by atoms with E-state index in [0.717, 1.165) is 31.5 Å². The van der Waals surface area contributed by atoms with Crippen molar-refractivity contribution in [3.8, 4) is 5.75 Å². The Bertz CT molecular complexity index is 2160. The van der Waals surface area contributed by atoms with Crippen LogP contribution in [0.25, 0.3) is 0 Å². The van der Waals surface area contributed by atoms with Gasteiger partial charge in [0, 0.05) is 47.1 Å². The number of aliphatic imine (C=N–C) groups is 1. The number of amides is 5. The molecule has 0 bridgehead atoms. The minimum absolute atomic E-state index is 0.0379. The summed E-state index contributed by atoms with van der Waals surface area (Å²) in [5, 5.41) is 27.1. The maximum Gasteiger partial charge on any atom is 0.266 e. The molecule has 3 aromatic rings. The number of nitrogens with one attached hydrogen (secondary N) is 5. The summed E-state index contributed by atoms with van der Waals surface area (Å²) in [5.74, 6) is -2.20. The molecule has 5 N–H and O–H groups in total. The molecular formula is C40H45ClN8O8S. The van der Waals surface area contributed by atoms with Crippen LogP contribution >= 0.6 is 22.9 Å². The van der Waals surface area contributed by atoms with Gasteiger partial charge in [-0.2, -0.15) is 0 Å². The van der Waals surface area contributed by atoms with Crippen LogP contribution in [-0.2, 0) is 23.9 Å². The molecule has 1 saturated heterocycles. The quantitative estimate of drug-likeness (QED) is 0.0577. The molecule has 3 aliphatic rings. The Hall–Kier alpha value is -5.33. The van der Waals surface area contributed by atoms with Gasteiger partial charge in [-0.25, -0.2) is 0 Å². The fraction of sp³-hybridized carbons (Fsp3) is 0.400. The standard InChI is InChI=1S/C40H45ClN8O8S/c1-22-23(2)58-40-33(22)35(25-7-9-26(41)10-8-25)46-28(36(43)48(40)24(3)42)21-32(51)45-15-18-55-16-13-44-14-17-56-19-20-57-30-6-4-5-27-34(30)39(54)49(38(27)53)29-11-12-31(50)47-37(29)52/h4-10,28-29,42-44H,11-21H2,1-3H3,(H,45,51)(H,47,50,52). The number of piperidine rings is 1. The molecule has 18 heteroatoms. The van der Waals surface area contributed by atoms with E-state index in [0.29, 0.717) is 37.0 Å². The number of amidine groups is 2. The largest absolute Gasteiger partial charge is 0.490 e. The Labute approximate surface area is 344 Å². The zero-order valence-corrected chi connectivity index (χ0v) is 33.9. The number of benzene rings is 2. The number of hydrogen-bond donors (Lipinski definition) is 5. The number of ether oxygens (including phenoxy) is 3. The van der Waals surface area contributed by atoms with Crippen LogP contribution < -0.4 is 25.6 Å². The molecule has 2 aromatic carbocycles. The lowest BCUT2D eigenvalue weighted by Gasteiger charge is -2.27. The third-order valence-electron chi connectivity index (χ3n) is 9.81. The first-order valence-electron chi connectivity index (χ1n) is 18.9. The molecule has 58 heavy (non-hydrogen) atoms. The van der Waals surface area contributed by atoms with Gasteiger partial charge in [0.05, 0.1) is 49.7 Å². The Morgan fingerprint density at radius 2 is 1.67 bits per heavy atom. The lowest BCUT2D eigenvalue weighted by atomic mass is 9.99. The molecule has 4 heterocycles. The highest BCUT2D eigenvalue weighted by atomic mass is 35.5. The van der Waals surface area contributed by atoms with Crippen LogP contribution in [0.15, 0.2) is 47.5 Å². The van der Waals surface area contributed by atoms with Gasteiger partial charge in [0.25, 0.3) is 11.8 Å². The number of imide groups is 2. The van der Waals surface area contributed by atoms with Gasteiger partial charge < -0.3 is 24.8 Å². The number of aryl methyl sites for hydroxylation is 1. The van der Waals surface area contributed by atoms with Crippen LogP contribution in [0.5, 0.6) is 5.75 Å². The van der Waals surface area contributed by atoms with Crippen molar-refractivity contribution in [1.29, 1.82) is 10.8 Å². The fourth-order valence-electron chi connectivity index (χ4n) is 6.83. The van der Waals surface area contributed by atoms with Gasteiger partial charge in [-0.15, -0.1) is 11.3 Å². The minimum Gasteiger partial charge on any atom is -0.490 e. The Morgan fingerprint density at radius 1 is 0.966 bits per heavy atom. The first-order chi connectivity index (χ1) is 27.9. The summed E-state index contributed by atoms with van der Waals surface area (Å²) in [7, 11) is 0. The highest BCUT2D eigenvalue weighted by Crippen LogP contribution is 2.40. The number of nitrogens with zero attached hydrogens (tertiary/aromatic N) is 3. The third-order valence-corrected chi connectivity index (χ3v) is 11.3. The number of hydrogen-bond acceptors (Lipinski definition) is 13. The van der Waals surface area contributed by atoms with Crippen LogP contribution in [0.3, 0.4) is 0 Å². The molecule has 0 saturated carbocycles. The van der Waals surface area contributed by atoms with Gasteiger partial charge in [0.15, 0.2) is 0 Å². The fourth-order valence-corrected chi connectivity index (χ4v) is 8.18. The van der Waals surface area contributed by atoms with E-state index in [2.05, 4.69) is 16.0 Å². The average molecular weight is 833 g/mol. The number of rotatable bonds is 17. The minimum atomic E-state index is -1.05. The number of thiophene rings is 1. The van der Waals surface area contributed by atoms with Crippen LogP contribution in [0.4, 0.5) is 5.00 Å². The third kappa shape index (κ3) is 9.34. The van der Waals surface area contributed by atoms with E-state index in [1.807, 2.05) is 26.0 Å². The molecule has 5 amide bonds. The summed E-state index contributed by atoms with van der Waals surface area (Å²) in [4.78, 5) is 71.7. The summed E-state index contributed by atoms with van der Waals surface area (Å²) in [6.07, 6.45) is 0.0326. The van der Waals surface area contributed by atoms with Crippen molar-refractivity contribution in [2.75, 3.05) is 57.6 Å². The molecule has 6 rings (SSSR count). The molecule has 2 atom stereocenters. The molecule has 0 spiro atoms. The molecule has 306 valence electrons. The lowest BCUT2D eigenvalue weighted by molar-refractivity contribution is -0.136. The molecule has 1 fully saturated rings. The second kappa shape index (κ2) is 18.9. The monoisotopic (exact) mass is 832 g/mol. The summed E-state index contributed by atoms with van der Waals surface area (Å²) >= 11 is 7.67. The van der Waals surface area contributed by atoms with E-state index < -0.39 is 35.7 Å². The van der Waals surface area contributed by atoms with Crippen molar-refractivity contribution in [3.63, 3.8) is 0 Å². The van der Waals surface area contributed by atoms with E-state index in [1.54, 1.807) is 36.1 Å². The van der Waals surface area contributed by atoms with Gasteiger partial charge in [0.1, 0.15) is 41.1 Å². The van der Waals surface area contributed by atoms with Crippen LogP contribution in [0, 0.1) is 24.7 Å². The van der Waals surface area contributed by atoms with Gasteiger partial charge in [0.2, 0.25) is 17.7 Å². The predicted molar refractivity (Wildman–Crippen MR) is 219 cm³/mol. The van der Waals surface area contributed by atoms with Gasteiger partial charge in [-0.1, -0.05) is 29.8 Å². The number of carbonyl (C=O) groups excluding carboxylic acids is 5. The molecule has 1 aromatic heterocycles. The number of anilines is 1. The van der Waals surface area contributed by atoms with Crippen molar-refractivity contribution in [3.05, 3.63) is 80.2 Å². The van der Waals surface area contributed by atoms with Crippen molar-refractivity contribution in [1.82, 2.24) is 20.9 Å². The van der Waals surface area contributed by atoms with Crippen molar-refractivity contribution < 1.29 is 38.2 Å². The van der Waals surface area contributed by atoms with Crippen LogP contribution in [-0.4, -0.2) is 117 Å². The summed E-state index contributed by atoms with van der Waals surface area (Å²) in [6, 6.07) is 10.1. The number of halogens is 1. The summed E-state index contributed by atoms with van der Waals surface area (Å²) in [6.45, 7) is 8.40. The zero-order valence-electron chi connectivity index (χ0n) is 32.4. The van der Waals surface area contributed by atoms with E-state index in [9.17, 15) is 24.0 Å². The molecule has 0 radical (unpaired) electrons. The smallest absolute Gasteiger partial charge is 0.266 e. The normalized spacial score (nSPS) is 17.8. The van der Waals surface area contributed by atoms with Crippen LogP contribution in [0.2, 0.25) is 5.02 Å². The summed E-state index contributed by atoms with van der Waals surface area (Å²) < 4.78 is 17.1. The second-order valence-corrected chi connectivity index (χ2v) is 15.4. The lowest BCUT2D eigenvalue weighted by Crippen LogP contribution is -2.54. The second-order valence-electron chi connectivity index (χ2n) is 13.8. The highest BCUT2D eigenvalue weighted by Gasteiger charge is 2.46. The van der Waals surface area contributed by atoms with Crippen molar-refractivity contribution in [2.24, 2.45) is 4.99 Å². The molecular weight excluding hydrogens is 788 g/mol.